The van der Waals surface area contributed by atoms with E-state index in [0.717, 1.165) is 36.0 Å². The van der Waals surface area contributed by atoms with Crippen LogP contribution in [0.2, 0.25) is 0 Å². The van der Waals surface area contributed by atoms with Crippen LogP contribution in [-0.4, -0.2) is 34.1 Å². The molecule has 114 valence electrons. The zero-order valence-corrected chi connectivity index (χ0v) is 12.7. The molecule has 3 heteroatoms. The van der Waals surface area contributed by atoms with Crippen LogP contribution in [-0.2, 0) is 0 Å². The van der Waals surface area contributed by atoms with Crippen molar-refractivity contribution in [3.05, 3.63) is 54.7 Å². The molecule has 3 aliphatic rings. The SMILES string of the molecule is C=C[C@@H]1CN2CC[C@@H]1C[C@H]2[C@@H](O)c1ccnc2ccccc12. The van der Waals surface area contributed by atoms with Crippen molar-refractivity contribution >= 4 is 10.9 Å². The van der Waals surface area contributed by atoms with E-state index < -0.39 is 6.10 Å². The van der Waals surface area contributed by atoms with E-state index in [1.54, 1.807) is 0 Å². The van der Waals surface area contributed by atoms with Crippen LogP contribution >= 0.6 is 0 Å². The van der Waals surface area contributed by atoms with Gasteiger partial charge in [0.1, 0.15) is 0 Å². The predicted molar refractivity (Wildman–Crippen MR) is 88.5 cm³/mol. The standard InChI is InChI=1S/C19H22N2O/c1-2-13-12-21-10-8-14(13)11-18(21)19(22)16-7-9-20-17-6-4-3-5-15(16)17/h2-7,9,13-14,18-19,22H,1,8,10-12H2/t13-,14-,18+,19+/m1/s1. The molecule has 0 spiro atoms. The molecule has 1 aromatic heterocycles. The lowest BCUT2D eigenvalue weighted by Crippen LogP contribution is -2.54. The summed E-state index contributed by atoms with van der Waals surface area (Å²) >= 11 is 0. The van der Waals surface area contributed by atoms with Gasteiger partial charge in [-0.05, 0) is 48.9 Å². The Kier molecular flexibility index (Phi) is 3.47. The summed E-state index contributed by atoms with van der Waals surface area (Å²) in [6.45, 7) is 6.11. The van der Waals surface area contributed by atoms with Crippen LogP contribution in [0, 0.1) is 11.8 Å². The number of aromatic nitrogens is 1. The highest BCUT2D eigenvalue weighted by molar-refractivity contribution is 5.82. The van der Waals surface area contributed by atoms with Crippen LogP contribution in [0.3, 0.4) is 0 Å². The first-order valence-corrected chi connectivity index (χ1v) is 8.16. The number of hydrogen-bond acceptors (Lipinski definition) is 3. The van der Waals surface area contributed by atoms with Crippen molar-refractivity contribution in [1.29, 1.82) is 0 Å². The van der Waals surface area contributed by atoms with Gasteiger partial charge in [0.2, 0.25) is 0 Å². The molecule has 1 N–H and O–H groups in total. The van der Waals surface area contributed by atoms with Crippen molar-refractivity contribution in [2.24, 2.45) is 11.8 Å². The van der Waals surface area contributed by atoms with Crippen LogP contribution in [0.5, 0.6) is 0 Å². The van der Waals surface area contributed by atoms with Crippen LogP contribution in [0.15, 0.2) is 49.2 Å². The minimum Gasteiger partial charge on any atom is -0.387 e. The maximum atomic E-state index is 11.0. The van der Waals surface area contributed by atoms with Gasteiger partial charge in [0.15, 0.2) is 0 Å². The molecule has 2 aromatic rings. The molecule has 0 aliphatic carbocycles. The van der Waals surface area contributed by atoms with Gasteiger partial charge in [0.05, 0.1) is 11.6 Å². The number of para-hydroxylation sites is 1. The molecule has 2 bridgehead atoms. The quantitative estimate of drug-likeness (QED) is 0.883. The molecule has 0 amide bonds. The molecule has 4 heterocycles. The molecule has 5 atom stereocenters. The third kappa shape index (κ3) is 2.16. The number of hydrogen-bond donors (Lipinski definition) is 1. The summed E-state index contributed by atoms with van der Waals surface area (Å²) in [4.78, 5) is 6.86. The Morgan fingerprint density at radius 1 is 1.32 bits per heavy atom. The van der Waals surface area contributed by atoms with Gasteiger partial charge in [-0.25, -0.2) is 0 Å². The molecule has 3 fully saturated rings. The Balaban J connectivity index is 1.67. The number of fused-ring (bicyclic) bond motifs is 4. The third-order valence-electron chi connectivity index (χ3n) is 5.52. The van der Waals surface area contributed by atoms with Gasteiger partial charge in [0.25, 0.3) is 0 Å². The van der Waals surface area contributed by atoms with Gasteiger partial charge < -0.3 is 5.11 Å². The molecule has 0 saturated carbocycles. The van der Waals surface area contributed by atoms with Crippen LogP contribution in [0.4, 0.5) is 0 Å². The molecular weight excluding hydrogens is 272 g/mol. The maximum absolute atomic E-state index is 11.0. The van der Waals surface area contributed by atoms with Crippen LogP contribution < -0.4 is 0 Å². The minimum atomic E-state index is -0.443. The van der Waals surface area contributed by atoms with Crippen LogP contribution in [0.1, 0.15) is 24.5 Å². The summed E-state index contributed by atoms with van der Waals surface area (Å²) in [7, 11) is 0. The molecule has 3 nitrogen and oxygen atoms in total. The van der Waals surface area contributed by atoms with Gasteiger partial charge in [-0.1, -0.05) is 24.3 Å². The first-order chi connectivity index (χ1) is 10.8. The molecule has 0 radical (unpaired) electrons. The fourth-order valence-electron chi connectivity index (χ4n) is 4.29. The largest absolute Gasteiger partial charge is 0.387 e. The van der Waals surface area contributed by atoms with E-state index in [-0.39, 0.29) is 6.04 Å². The van der Waals surface area contributed by atoms with E-state index in [2.05, 4.69) is 28.6 Å². The third-order valence-corrected chi connectivity index (χ3v) is 5.52. The second kappa shape index (κ2) is 5.49. The molecule has 1 aromatic carbocycles. The van der Waals surface area contributed by atoms with Crippen molar-refractivity contribution in [3.8, 4) is 0 Å². The Hall–Kier alpha value is -1.71. The molecule has 3 saturated heterocycles. The molecule has 5 rings (SSSR count). The average molecular weight is 294 g/mol. The minimum absolute atomic E-state index is 0.223. The van der Waals surface area contributed by atoms with Gasteiger partial charge in [-0.15, -0.1) is 6.58 Å². The second-order valence-corrected chi connectivity index (χ2v) is 6.61. The Morgan fingerprint density at radius 2 is 2.18 bits per heavy atom. The number of piperidine rings is 3. The highest BCUT2D eigenvalue weighted by atomic mass is 16.3. The zero-order valence-electron chi connectivity index (χ0n) is 12.7. The number of aliphatic hydroxyl groups is 1. The van der Waals surface area contributed by atoms with Crippen molar-refractivity contribution in [1.82, 2.24) is 9.88 Å². The fraction of sp³-hybridized carbons (Fsp3) is 0.421. The first-order valence-electron chi connectivity index (χ1n) is 8.16. The lowest BCUT2D eigenvalue weighted by atomic mass is 9.73. The second-order valence-electron chi connectivity index (χ2n) is 6.61. The van der Waals surface area contributed by atoms with Crippen molar-refractivity contribution < 1.29 is 5.11 Å². The van der Waals surface area contributed by atoms with Crippen molar-refractivity contribution in [2.45, 2.75) is 25.0 Å². The summed E-state index contributed by atoms with van der Waals surface area (Å²) in [5.74, 6) is 1.27. The molecule has 22 heavy (non-hydrogen) atoms. The monoisotopic (exact) mass is 294 g/mol. The summed E-state index contributed by atoms with van der Waals surface area (Å²) < 4.78 is 0. The predicted octanol–water partition coefficient (Wildman–Crippen LogP) is 3.16. The zero-order chi connectivity index (χ0) is 15.1. The normalized spacial score (nSPS) is 32.0. The lowest BCUT2D eigenvalue weighted by molar-refractivity contribution is -0.0444. The summed E-state index contributed by atoms with van der Waals surface area (Å²) in [6.07, 6.45) is 5.76. The summed E-state index contributed by atoms with van der Waals surface area (Å²) in [5, 5.41) is 12.1. The lowest BCUT2D eigenvalue weighted by Gasteiger charge is -2.50. The highest BCUT2D eigenvalue weighted by Gasteiger charge is 2.42. The van der Waals surface area contributed by atoms with E-state index in [1.165, 1.54) is 6.42 Å². The number of benzene rings is 1. The van der Waals surface area contributed by atoms with E-state index in [4.69, 9.17) is 0 Å². The van der Waals surface area contributed by atoms with Crippen LogP contribution in [0.25, 0.3) is 10.9 Å². The van der Waals surface area contributed by atoms with Crippen molar-refractivity contribution in [3.63, 3.8) is 0 Å². The smallest absolute Gasteiger partial charge is 0.0952 e. The molecule has 3 aliphatic heterocycles. The Bertz CT molecular complexity index is 693. The molecule has 1 unspecified atom stereocenters. The van der Waals surface area contributed by atoms with E-state index >= 15 is 0 Å². The summed E-state index contributed by atoms with van der Waals surface area (Å²) in [6, 6.07) is 10.3. The number of pyridine rings is 1. The fourth-order valence-corrected chi connectivity index (χ4v) is 4.29. The van der Waals surface area contributed by atoms with Gasteiger partial charge in [0, 0.05) is 24.2 Å². The van der Waals surface area contributed by atoms with E-state index in [9.17, 15) is 5.11 Å². The summed E-state index contributed by atoms with van der Waals surface area (Å²) in [5.41, 5.74) is 1.97. The number of rotatable bonds is 3. The first kappa shape index (κ1) is 13.9. The van der Waals surface area contributed by atoms with Gasteiger partial charge in [-0.2, -0.15) is 0 Å². The highest BCUT2D eigenvalue weighted by Crippen LogP contribution is 2.41. The van der Waals surface area contributed by atoms with E-state index in [1.807, 2.05) is 30.5 Å². The van der Waals surface area contributed by atoms with Crippen molar-refractivity contribution in [2.75, 3.05) is 13.1 Å². The van der Waals surface area contributed by atoms with E-state index in [0.29, 0.717) is 11.8 Å². The number of aliphatic hydroxyl groups excluding tert-OH is 1. The van der Waals surface area contributed by atoms with Gasteiger partial charge in [-0.3, -0.25) is 9.88 Å². The maximum Gasteiger partial charge on any atom is 0.0952 e. The topological polar surface area (TPSA) is 36.4 Å². The van der Waals surface area contributed by atoms with Gasteiger partial charge >= 0.3 is 0 Å². The molecular formula is C19H22N2O. The number of nitrogens with zero attached hydrogens (tertiary/aromatic N) is 2. The Labute approximate surface area is 131 Å². The Morgan fingerprint density at radius 3 is 2.95 bits per heavy atom. The average Bonchev–Trinajstić information content (AvgIpc) is 2.60.